The van der Waals surface area contributed by atoms with E-state index in [9.17, 15) is 4.79 Å². The van der Waals surface area contributed by atoms with Gasteiger partial charge in [0.2, 0.25) is 5.82 Å². The van der Waals surface area contributed by atoms with Gasteiger partial charge in [0.05, 0.1) is 30.0 Å². The second-order valence-electron chi connectivity index (χ2n) is 10.2. The topological polar surface area (TPSA) is 91.6 Å². The summed E-state index contributed by atoms with van der Waals surface area (Å²) in [6, 6.07) is 12.9. The lowest BCUT2D eigenvalue weighted by Crippen LogP contribution is -2.37. The molecule has 184 valence electrons. The van der Waals surface area contributed by atoms with Crippen molar-refractivity contribution in [3.8, 4) is 0 Å². The largest absolute Gasteiger partial charge is 0.369 e. The summed E-state index contributed by atoms with van der Waals surface area (Å²) >= 11 is 0. The molecule has 0 aliphatic carbocycles. The van der Waals surface area contributed by atoms with E-state index in [-0.39, 0.29) is 23.2 Å². The second kappa shape index (κ2) is 8.89. The fraction of sp³-hybridized carbons (Fsp3) is 0.370. The zero-order valence-electron chi connectivity index (χ0n) is 20.6. The number of hydrogen-bond donors (Lipinski definition) is 1. The maximum Gasteiger partial charge on any atom is 0.291 e. The summed E-state index contributed by atoms with van der Waals surface area (Å²) in [5.74, 6) is -0.0408. The molecule has 0 saturated carbocycles. The van der Waals surface area contributed by atoms with Crippen LogP contribution in [0.15, 0.2) is 61.3 Å². The first-order valence-electron chi connectivity index (χ1n) is 12.5. The fourth-order valence-electron chi connectivity index (χ4n) is 5.47. The van der Waals surface area contributed by atoms with Gasteiger partial charge in [-0.3, -0.25) is 4.79 Å². The first-order chi connectivity index (χ1) is 17.5. The van der Waals surface area contributed by atoms with Crippen molar-refractivity contribution in [2.24, 2.45) is 0 Å². The summed E-state index contributed by atoms with van der Waals surface area (Å²) in [6.45, 7) is 7.83. The Labute approximate surface area is 210 Å². The normalized spacial score (nSPS) is 21.9. The van der Waals surface area contributed by atoms with Gasteiger partial charge in [-0.2, -0.15) is 0 Å². The molecule has 9 heteroatoms. The van der Waals surface area contributed by atoms with E-state index in [0.29, 0.717) is 12.2 Å². The summed E-state index contributed by atoms with van der Waals surface area (Å²) in [7, 11) is 0. The summed E-state index contributed by atoms with van der Waals surface area (Å²) < 4.78 is 1.75. The van der Waals surface area contributed by atoms with Gasteiger partial charge in [0.1, 0.15) is 6.33 Å². The fourth-order valence-corrected chi connectivity index (χ4v) is 5.47. The van der Waals surface area contributed by atoms with Crippen molar-refractivity contribution in [1.29, 1.82) is 0 Å². The third-order valence-corrected chi connectivity index (χ3v) is 7.55. The van der Waals surface area contributed by atoms with Crippen molar-refractivity contribution in [3.63, 3.8) is 0 Å². The van der Waals surface area contributed by atoms with Crippen LogP contribution in [0.5, 0.6) is 0 Å². The van der Waals surface area contributed by atoms with Crippen LogP contribution in [-0.2, 0) is 5.41 Å². The van der Waals surface area contributed by atoms with Crippen LogP contribution in [0.25, 0.3) is 5.65 Å². The molecular weight excluding hydrogens is 452 g/mol. The van der Waals surface area contributed by atoms with Gasteiger partial charge in [-0.25, -0.2) is 19.5 Å². The number of amides is 1. The van der Waals surface area contributed by atoms with Crippen molar-refractivity contribution in [1.82, 2.24) is 29.9 Å². The van der Waals surface area contributed by atoms with Crippen LogP contribution in [0.2, 0.25) is 0 Å². The molecule has 0 spiro atoms. The van der Waals surface area contributed by atoms with Crippen LogP contribution in [-0.4, -0.2) is 62.7 Å². The zero-order valence-corrected chi connectivity index (χ0v) is 20.6. The Bertz CT molecular complexity index is 1390. The van der Waals surface area contributed by atoms with Crippen LogP contribution in [0.3, 0.4) is 0 Å². The first-order valence-corrected chi connectivity index (χ1v) is 12.5. The van der Waals surface area contributed by atoms with E-state index in [1.54, 1.807) is 16.9 Å². The molecule has 2 aliphatic heterocycles. The number of pyridine rings is 1. The van der Waals surface area contributed by atoms with E-state index >= 15 is 0 Å². The lowest BCUT2D eigenvalue weighted by Gasteiger charge is -2.26. The minimum atomic E-state index is -0.242. The van der Waals surface area contributed by atoms with E-state index in [4.69, 9.17) is 0 Å². The highest BCUT2D eigenvalue weighted by Crippen LogP contribution is 2.36. The van der Waals surface area contributed by atoms with E-state index in [2.05, 4.69) is 78.5 Å². The molecule has 9 nitrogen and oxygen atoms in total. The van der Waals surface area contributed by atoms with Crippen LogP contribution in [0.4, 0.5) is 11.4 Å². The van der Waals surface area contributed by atoms with Gasteiger partial charge in [-0.05, 0) is 37.0 Å². The summed E-state index contributed by atoms with van der Waals surface area (Å²) in [5, 5.41) is 7.66. The molecular formula is C27H30N8O. The lowest BCUT2D eigenvalue weighted by atomic mass is 9.82. The SMILES string of the molecule is Cc1cc(N2CC[C@](C)(c3ccccc3)C2)cn2nc(C(=O)NC3CCN(c4cncnc4)C3)nc12. The molecule has 1 aromatic carbocycles. The number of carbonyl (C=O) groups is 1. The Balaban J connectivity index is 1.17. The number of rotatable bonds is 5. The Morgan fingerprint density at radius 1 is 1.08 bits per heavy atom. The molecule has 6 rings (SSSR count). The number of anilines is 2. The monoisotopic (exact) mass is 482 g/mol. The Hall–Kier alpha value is -4.01. The third-order valence-electron chi connectivity index (χ3n) is 7.55. The number of aryl methyl sites for hydroxylation is 1. The smallest absolute Gasteiger partial charge is 0.291 e. The van der Waals surface area contributed by atoms with E-state index in [1.165, 1.54) is 11.9 Å². The van der Waals surface area contributed by atoms with Gasteiger partial charge >= 0.3 is 0 Å². The Morgan fingerprint density at radius 3 is 2.69 bits per heavy atom. The van der Waals surface area contributed by atoms with Crippen LogP contribution in [0.1, 0.15) is 41.5 Å². The predicted molar refractivity (Wildman–Crippen MR) is 138 cm³/mol. The van der Waals surface area contributed by atoms with Crippen LogP contribution in [0, 0.1) is 6.92 Å². The average molecular weight is 483 g/mol. The number of benzene rings is 1. The second-order valence-corrected chi connectivity index (χ2v) is 10.2. The Morgan fingerprint density at radius 2 is 1.89 bits per heavy atom. The highest BCUT2D eigenvalue weighted by Gasteiger charge is 2.35. The van der Waals surface area contributed by atoms with Gasteiger partial charge in [0.15, 0.2) is 5.65 Å². The molecule has 1 amide bonds. The standard InChI is InChI=1S/C27H30N8O/c1-19-12-22(34-11-9-27(2,17-34)20-6-4-3-5-7-20)16-35-25(19)31-24(32-35)26(36)30-21-8-10-33(15-21)23-13-28-18-29-14-23/h3-7,12-14,16,18,21H,8-11,15,17H2,1-2H3,(H,30,36)/t21?,27-/m0/s1. The van der Waals surface area contributed by atoms with Gasteiger partial charge in [-0.15, -0.1) is 5.10 Å². The molecule has 2 atom stereocenters. The molecule has 1 unspecified atom stereocenters. The molecule has 2 saturated heterocycles. The summed E-state index contributed by atoms with van der Waals surface area (Å²) in [6.07, 6.45) is 9.05. The molecule has 2 fully saturated rings. The number of hydrogen-bond acceptors (Lipinski definition) is 7. The van der Waals surface area contributed by atoms with Crippen LogP contribution >= 0.6 is 0 Å². The van der Waals surface area contributed by atoms with Crippen LogP contribution < -0.4 is 15.1 Å². The molecule has 5 heterocycles. The summed E-state index contributed by atoms with van der Waals surface area (Å²) in [4.78, 5) is 30.3. The first kappa shape index (κ1) is 22.5. The number of nitrogens with zero attached hydrogens (tertiary/aromatic N) is 7. The number of fused-ring (bicyclic) bond motifs is 1. The highest BCUT2D eigenvalue weighted by molar-refractivity contribution is 5.91. The number of nitrogens with one attached hydrogen (secondary N) is 1. The van der Waals surface area contributed by atoms with Crippen molar-refractivity contribution in [3.05, 3.63) is 78.3 Å². The maximum absolute atomic E-state index is 13.0. The molecule has 1 N–H and O–H groups in total. The van der Waals surface area contributed by atoms with Crippen molar-refractivity contribution >= 4 is 22.9 Å². The van der Waals surface area contributed by atoms with Gasteiger partial charge in [0, 0.05) is 37.6 Å². The Kier molecular flexibility index (Phi) is 5.55. The minimum absolute atomic E-state index is 0.0289. The highest BCUT2D eigenvalue weighted by atomic mass is 16.2. The van der Waals surface area contributed by atoms with Crippen molar-refractivity contribution in [2.45, 2.75) is 38.1 Å². The molecule has 0 bridgehead atoms. The van der Waals surface area contributed by atoms with E-state index in [0.717, 1.165) is 49.4 Å². The molecule has 0 radical (unpaired) electrons. The zero-order chi connectivity index (χ0) is 24.7. The molecule has 3 aromatic heterocycles. The van der Waals surface area contributed by atoms with Gasteiger partial charge in [0.25, 0.3) is 5.91 Å². The van der Waals surface area contributed by atoms with Crippen molar-refractivity contribution in [2.75, 3.05) is 36.0 Å². The van der Waals surface area contributed by atoms with E-state index in [1.807, 2.05) is 13.1 Å². The van der Waals surface area contributed by atoms with E-state index < -0.39 is 0 Å². The molecule has 4 aromatic rings. The number of aromatic nitrogens is 5. The molecule has 2 aliphatic rings. The van der Waals surface area contributed by atoms with Crippen molar-refractivity contribution < 1.29 is 4.79 Å². The number of carbonyl (C=O) groups excluding carboxylic acids is 1. The summed E-state index contributed by atoms with van der Waals surface area (Å²) in [5.41, 5.74) is 5.27. The lowest BCUT2D eigenvalue weighted by molar-refractivity contribution is 0.0930. The van der Waals surface area contributed by atoms with Gasteiger partial charge in [-0.1, -0.05) is 37.3 Å². The minimum Gasteiger partial charge on any atom is -0.369 e. The average Bonchev–Trinajstić information content (AvgIpc) is 3.64. The quantitative estimate of drug-likeness (QED) is 0.468. The predicted octanol–water partition coefficient (Wildman–Crippen LogP) is 3.00. The third kappa shape index (κ3) is 4.14. The van der Waals surface area contributed by atoms with Gasteiger partial charge < -0.3 is 15.1 Å². The molecule has 36 heavy (non-hydrogen) atoms. The maximum atomic E-state index is 13.0.